The summed E-state index contributed by atoms with van der Waals surface area (Å²) in [7, 11) is 0. The highest BCUT2D eigenvalue weighted by Gasteiger charge is 2.22. The number of para-hydroxylation sites is 1. The molecule has 0 bridgehead atoms. The van der Waals surface area contributed by atoms with Gasteiger partial charge in [-0.3, -0.25) is 9.69 Å². The van der Waals surface area contributed by atoms with E-state index in [9.17, 15) is 4.79 Å². The van der Waals surface area contributed by atoms with E-state index in [1.54, 1.807) is 0 Å². The van der Waals surface area contributed by atoms with Crippen molar-refractivity contribution < 1.29 is 4.79 Å². The second kappa shape index (κ2) is 9.67. The SMILES string of the molecule is Cc1nc(CN2CCN(c3cccc4[nH]c(-c5ccc(C(C)(C)C)cc5)nc34)CC2)cn1C(C)C(N)=O. The molecule has 37 heavy (non-hydrogen) atoms. The molecule has 1 fully saturated rings. The van der Waals surface area contributed by atoms with Crippen LogP contribution in [0.2, 0.25) is 0 Å². The summed E-state index contributed by atoms with van der Waals surface area (Å²) in [6.45, 7) is 14.9. The number of nitrogens with one attached hydrogen (secondary N) is 1. The summed E-state index contributed by atoms with van der Waals surface area (Å²) in [6, 6.07) is 14.7. The Balaban J connectivity index is 1.28. The van der Waals surface area contributed by atoms with Crippen molar-refractivity contribution in [1.29, 1.82) is 0 Å². The predicted molar refractivity (Wildman–Crippen MR) is 149 cm³/mol. The number of benzene rings is 2. The number of H-pyrrole nitrogens is 1. The van der Waals surface area contributed by atoms with Crippen molar-refractivity contribution in [3.05, 3.63) is 65.7 Å². The molecule has 1 aliphatic rings. The molecule has 4 aromatic rings. The van der Waals surface area contributed by atoms with Crippen LogP contribution in [0.1, 0.15) is 50.8 Å². The number of aryl methyl sites for hydroxylation is 1. The summed E-state index contributed by atoms with van der Waals surface area (Å²) >= 11 is 0. The third-order valence-electron chi connectivity index (χ3n) is 7.41. The Labute approximate surface area is 218 Å². The molecule has 8 heteroatoms. The number of imidazole rings is 2. The van der Waals surface area contributed by atoms with E-state index in [0.29, 0.717) is 0 Å². The van der Waals surface area contributed by atoms with E-state index in [-0.39, 0.29) is 11.3 Å². The number of hydrogen-bond acceptors (Lipinski definition) is 5. The lowest BCUT2D eigenvalue weighted by Crippen LogP contribution is -2.46. The molecule has 1 saturated heterocycles. The lowest BCUT2D eigenvalue weighted by Gasteiger charge is -2.35. The van der Waals surface area contributed by atoms with E-state index in [1.807, 2.05) is 24.6 Å². The summed E-state index contributed by atoms with van der Waals surface area (Å²) < 4.78 is 1.86. The number of nitrogens with zero attached hydrogens (tertiary/aromatic N) is 5. The maximum atomic E-state index is 11.6. The number of hydrogen-bond donors (Lipinski definition) is 2. The number of amides is 1. The van der Waals surface area contributed by atoms with Crippen molar-refractivity contribution in [2.75, 3.05) is 31.1 Å². The molecule has 1 amide bonds. The Kier molecular flexibility index (Phi) is 6.54. The van der Waals surface area contributed by atoms with Gasteiger partial charge in [0.25, 0.3) is 0 Å². The first-order valence-corrected chi connectivity index (χ1v) is 13.0. The summed E-state index contributed by atoms with van der Waals surface area (Å²) in [5.74, 6) is 1.37. The van der Waals surface area contributed by atoms with Crippen LogP contribution in [0.3, 0.4) is 0 Å². The molecule has 0 radical (unpaired) electrons. The van der Waals surface area contributed by atoms with Crippen LogP contribution >= 0.6 is 0 Å². The molecule has 1 aliphatic heterocycles. The van der Waals surface area contributed by atoms with Gasteiger partial charge in [-0.2, -0.15) is 0 Å². The van der Waals surface area contributed by atoms with Crippen LogP contribution in [0.4, 0.5) is 5.69 Å². The number of piperazine rings is 1. The van der Waals surface area contributed by atoms with Crippen LogP contribution in [-0.4, -0.2) is 56.5 Å². The maximum Gasteiger partial charge on any atom is 0.240 e. The second-order valence-electron chi connectivity index (χ2n) is 11.1. The molecule has 3 N–H and O–H groups in total. The van der Waals surface area contributed by atoms with Gasteiger partial charge in [0.1, 0.15) is 23.2 Å². The Morgan fingerprint density at radius 2 is 1.76 bits per heavy atom. The summed E-state index contributed by atoms with van der Waals surface area (Å²) in [4.78, 5) is 29.6. The molecule has 0 spiro atoms. The monoisotopic (exact) mass is 499 g/mol. The molecule has 1 unspecified atom stereocenters. The predicted octanol–water partition coefficient (Wildman–Crippen LogP) is 4.40. The first-order valence-electron chi connectivity index (χ1n) is 13.0. The normalized spacial score (nSPS) is 15.9. The largest absolute Gasteiger partial charge is 0.368 e. The summed E-state index contributed by atoms with van der Waals surface area (Å²) in [5.41, 5.74) is 12.2. The Bertz CT molecular complexity index is 1400. The third-order valence-corrected chi connectivity index (χ3v) is 7.41. The van der Waals surface area contributed by atoms with Gasteiger partial charge in [0, 0.05) is 44.5 Å². The molecular formula is C29H37N7O. The van der Waals surface area contributed by atoms with Crippen LogP contribution in [-0.2, 0) is 16.8 Å². The topological polar surface area (TPSA) is 96.1 Å². The van der Waals surface area contributed by atoms with Gasteiger partial charge in [-0.25, -0.2) is 9.97 Å². The van der Waals surface area contributed by atoms with Crippen LogP contribution in [0.15, 0.2) is 48.7 Å². The van der Waals surface area contributed by atoms with Gasteiger partial charge in [-0.1, -0.05) is 51.1 Å². The maximum absolute atomic E-state index is 11.6. The smallest absolute Gasteiger partial charge is 0.240 e. The van der Waals surface area contributed by atoms with E-state index in [0.717, 1.165) is 66.7 Å². The quantitative estimate of drug-likeness (QED) is 0.410. The first-order chi connectivity index (χ1) is 17.6. The molecule has 5 rings (SSSR count). The number of nitrogens with two attached hydrogens (primary N) is 1. The number of carbonyl (C=O) groups is 1. The fourth-order valence-electron chi connectivity index (χ4n) is 5.07. The fraction of sp³-hybridized carbons (Fsp3) is 0.414. The van der Waals surface area contributed by atoms with Crippen molar-refractivity contribution in [1.82, 2.24) is 24.4 Å². The molecule has 1 atom stereocenters. The van der Waals surface area contributed by atoms with Gasteiger partial charge >= 0.3 is 0 Å². The number of anilines is 1. The molecule has 0 saturated carbocycles. The van der Waals surface area contributed by atoms with Crippen molar-refractivity contribution in [2.24, 2.45) is 5.73 Å². The molecule has 2 aromatic heterocycles. The third kappa shape index (κ3) is 5.11. The Morgan fingerprint density at radius 1 is 1.05 bits per heavy atom. The highest BCUT2D eigenvalue weighted by molar-refractivity contribution is 5.91. The minimum absolute atomic E-state index is 0.128. The highest BCUT2D eigenvalue weighted by Crippen LogP contribution is 2.30. The second-order valence-corrected chi connectivity index (χ2v) is 11.1. The fourth-order valence-corrected chi connectivity index (χ4v) is 5.07. The van der Waals surface area contributed by atoms with Gasteiger partial charge in [-0.05, 0) is 37.0 Å². The minimum atomic E-state index is -0.395. The zero-order chi connectivity index (χ0) is 26.3. The number of fused-ring (bicyclic) bond motifs is 1. The van der Waals surface area contributed by atoms with Crippen LogP contribution in [0, 0.1) is 6.92 Å². The number of aromatic nitrogens is 4. The van der Waals surface area contributed by atoms with Crippen molar-refractivity contribution >= 4 is 22.6 Å². The number of carbonyl (C=O) groups excluding carboxylic acids is 1. The number of primary amides is 1. The lowest BCUT2D eigenvalue weighted by molar-refractivity contribution is -0.120. The average Bonchev–Trinajstić information content (AvgIpc) is 3.46. The standard InChI is InChI=1S/C29H37N7O/c1-19(27(30)37)36-18-23(31-20(36)2)17-34-13-15-35(16-14-34)25-8-6-7-24-26(25)33-28(32-24)21-9-11-22(12-10-21)29(3,4)5/h6-12,18-19H,13-17H2,1-5H3,(H2,30,37)(H,32,33). The molecule has 194 valence electrons. The first kappa shape index (κ1) is 25.0. The van der Waals surface area contributed by atoms with Crippen molar-refractivity contribution in [3.8, 4) is 11.4 Å². The molecule has 2 aromatic carbocycles. The van der Waals surface area contributed by atoms with Crippen LogP contribution in [0.5, 0.6) is 0 Å². The summed E-state index contributed by atoms with van der Waals surface area (Å²) in [6.07, 6.45) is 1.96. The zero-order valence-corrected chi connectivity index (χ0v) is 22.5. The Morgan fingerprint density at radius 3 is 2.41 bits per heavy atom. The molecule has 8 nitrogen and oxygen atoms in total. The molecular weight excluding hydrogens is 462 g/mol. The van der Waals surface area contributed by atoms with Crippen molar-refractivity contribution in [2.45, 2.75) is 52.6 Å². The highest BCUT2D eigenvalue weighted by atomic mass is 16.1. The van der Waals surface area contributed by atoms with Gasteiger partial charge in [0.05, 0.1) is 16.9 Å². The average molecular weight is 500 g/mol. The van der Waals surface area contributed by atoms with E-state index >= 15 is 0 Å². The van der Waals surface area contributed by atoms with Gasteiger partial charge in [0.15, 0.2) is 0 Å². The van der Waals surface area contributed by atoms with Gasteiger partial charge in [-0.15, -0.1) is 0 Å². The van der Waals surface area contributed by atoms with E-state index in [1.165, 1.54) is 11.3 Å². The van der Waals surface area contributed by atoms with E-state index in [4.69, 9.17) is 10.7 Å². The molecule has 3 heterocycles. The molecule has 0 aliphatic carbocycles. The van der Waals surface area contributed by atoms with Gasteiger partial charge in [0.2, 0.25) is 5.91 Å². The van der Waals surface area contributed by atoms with Gasteiger partial charge < -0.3 is 20.2 Å². The van der Waals surface area contributed by atoms with Crippen LogP contribution < -0.4 is 10.6 Å². The number of aromatic amines is 1. The summed E-state index contributed by atoms with van der Waals surface area (Å²) in [5, 5.41) is 0. The minimum Gasteiger partial charge on any atom is -0.368 e. The number of rotatable bonds is 6. The lowest BCUT2D eigenvalue weighted by atomic mass is 9.87. The van der Waals surface area contributed by atoms with Crippen molar-refractivity contribution in [3.63, 3.8) is 0 Å². The zero-order valence-electron chi connectivity index (χ0n) is 22.5. The Hall–Kier alpha value is -3.65. The van der Waals surface area contributed by atoms with Crippen LogP contribution in [0.25, 0.3) is 22.4 Å². The van der Waals surface area contributed by atoms with E-state index in [2.05, 4.69) is 83.0 Å². The van der Waals surface area contributed by atoms with E-state index < -0.39 is 6.04 Å².